The Bertz CT molecular complexity index is 1170. The highest BCUT2D eigenvalue weighted by atomic mass is 31.2. The zero-order valence-electron chi connectivity index (χ0n) is 36.8. The van der Waals surface area contributed by atoms with E-state index >= 15 is 0 Å². The summed E-state index contributed by atoms with van der Waals surface area (Å²) in [7, 11) is -4.69. The van der Waals surface area contributed by atoms with Crippen molar-refractivity contribution in [3.05, 3.63) is 48.6 Å². The van der Waals surface area contributed by atoms with E-state index in [4.69, 9.17) is 19.1 Å². The van der Waals surface area contributed by atoms with Crippen LogP contribution in [-0.4, -0.2) is 88.1 Å². The maximum atomic E-state index is 12.6. The lowest BCUT2D eigenvalue weighted by Gasteiger charge is -2.20. The number of phosphoric ester groups is 1. The van der Waals surface area contributed by atoms with Gasteiger partial charge in [0, 0.05) is 12.8 Å². The second-order valence-corrected chi connectivity index (χ2v) is 17.4. The minimum atomic E-state index is -4.69. The van der Waals surface area contributed by atoms with E-state index in [1.54, 1.807) is 36.5 Å². The van der Waals surface area contributed by atoms with Gasteiger partial charge in [0.1, 0.15) is 12.7 Å². The van der Waals surface area contributed by atoms with Crippen molar-refractivity contribution in [2.45, 2.75) is 199 Å². The third-order valence-electron chi connectivity index (χ3n) is 9.60. The van der Waals surface area contributed by atoms with Crippen LogP contribution in [0.1, 0.15) is 175 Å². The zero-order valence-corrected chi connectivity index (χ0v) is 37.7. The molecule has 0 aromatic rings. The Morgan fingerprint density at radius 2 is 1.15 bits per heavy atom. The van der Waals surface area contributed by atoms with Crippen LogP contribution in [0.3, 0.4) is 0 Å². The van der Waals surface area contributed by atoms with Gasteiger partial charge < -0.3 is 34.8 Å². The normalized spacial score (nSPS) is 15.4. The minimum absolute atomic E-state index is 0.0759. The predicted octanol–water partition coefficient (Wildman–Crippen LogP) is 9.91. The van der Waals surface area contributed by atoms with Crippen molar-refractivity contribution in [1.82, 2.24) is 0 Å². The van der Waals surface area contributed by atoms with E-state index < -0.39 is 70.6 Å². The number of ether oxygens (including phenoxy) is 2. The molecule has 0 aromatic carbocycles. The zero-order chi connectivity index (χ0) is 43.8. The first-order chi connectivity index (χ1) is 28.4. The molecule has 1 unspecified atom stereocenters. The quantitative estimate of drug-likeness (QED) is 0.0129. The topological polar surface area (TPSA) is 189 Å². The third kappa shape index (κ3) is 41.0. The molecule has 0 aliphatic rings. The molecule has 0 bridgehead atoms. The summed E-state index contributed by atoms with van der Waals surface area (Å²) in [6.07, 6.45) is 34.2. The van der Waals surface area contributed by atoms with Crippen molar-refractivity contribution in [3.63, 3.8) is 0 Å². The molecule has 0 amide bonds. The molecule has 5 atom stereocenters. The number of rotatable bonds is 41. The molecule has 0 fully saturated rings. The van der Waals surface area contributed by atoms with Gasteiger partial charge >= 0.3 is 19.8 Å². The number of carbonyl (C=O) groups excluding carboxylic acids is 2. The number of aliphatic hydroxyl groups excluding tert-OH is 4. The van der Waals surface area contributed by atoms with E-state index in [-0.39, 0.29) is 25.7 Å². The summed E-state index contributed by atoms with van der Waals surface area (Å²) in [5.74, 6) is -0.352. The van der Waals surface area contributed by atoms with E-state index in [9.17, 15) is 34.4 Å². The Kier molecular flexibility index (Phi) is 38.5. The van der Waals surface area contributed by atoms with Gasteiger partial charge in [0.25, 0.3) is 0 Å². The Hall–Kier alpha value is -2.15. The number of unbranched alkanes of at least 4 members (excludes halogenated alkanes) is 16. The van der Waals surface area contributed by atoms with Crippen LogP contribution in [0.2, 0.25) is 0 Å². The average Bonchev–Trinajstić information content (AvgIpc) is 3.20. The van der Waals surface area contributed by atoms with E-state index in [1.165, 1.54) is 83.5 Å². The fraction of sp³-hybridized carbons (Fsp3) is 0.783. The van der Waals surface area contributed by atoms with Crippen LogP contribution in [0.15, 0.2) is 48.6 Å². The van der Waals surface area contributed by atoms with E-state index in [0.29, 0.717) is 12.8 Å². The monoisotopic (exact) mass is 859 g/mol. The molecule has 13 heteroatoms. The van der Waals surface area contributed by atoms with Crippen LogP contribution in [0.5, 0.6) is 0 Å². The second kappa shape index (κ2) is 40.0. The lowest BCUT2D eigenvalue weighted by Crippen LogP contribution is -2.30. The van der Waals surface area contributed by atoms with Gasteiger partial charge in [-0.1, -0.05) is 172 Å². The number of allylic oxidation sites excluding steroid dienone is 5. The number of phosphoric acid groups is 1. The highest BCUT2D eigenvalue weighted by Gasteiger charge is 2.27. The average molecular weight is 859 g/mol. The van der Waals surface area contributed by atoms with Gasteiger partial charge in [0.2, 0.25) is 0 Å². The highest BCUT2D eigenvalue weighted by Crippen LogP contribution is 2.43. The number of aliphatic hydroxyl groups is 4. The predicted molar refractivity (Wildman–Crippen MR) is 236 cm³/mol. The van der Waals surface area contributed by atoms with Crippen LogP contribution < -0.4 is 0 Å². The fourth-order valence-corrected chi connectivity index (χ4v) is 6.81. The molecule has 0 spiro atoms. The summed E-state index contributed by atoms with van der Waals surface area (Å²) in [5, 5.41) is 38.7. The Labute approximate surface area is 357 Å². The van der Waals surface area contributed by atoms with Crippen molar-refractivity contribution in [3.8, 4) is 0 Å². The van der Waals surface area contributed by atoms with Crippen LogP contribution in [0.4, 0.5) is 0 Å². The van der Waals surface area contributed by atoms with Crippen LogP contribution in [0.25, 0.3) is 0 Å². The minimum Gasteiger partial charge on any atom is -0.462 e. The lowest BCUT2D eigenvalue weighted by molar-refractivity contribution is -0.161. The molecule has 0 aromatic heterocycles. The van der Waals surface area contributed by atoms with Crippen LogP contribution >= 0.6 is 7.82 Å². The van der Waals surface area contributed by atoms with Gasteiger partial charge in [-0.15, -0.1) is 0 Å². The number of esters is 2. The molecular formula is C46H83O12P. The highest BCUT2D eigenvalue weighted by molar-refractivity contribution is 7.47. The first kappa shape index (κ1) is 56.9. The molecule has 0 aliphatic heterocycles. The van der Waals surface area contributed by atoms with E-state index in [0.717, 1.165) is 38.0 Å². The molecule has 59 heavy (non-hydrogen) atoms. The van der Waals surface area contributed by atoms with E-state index in [1.807, 2.05) is 6.08 Å². The lowest BCUT2D eigenvalue weighted by atomic mass is 10.0. The molecule has 5 N–H and O–H groups in total. The molecule has 0 aliphatic carbocycles. The van der Waals surface area contributed by atoms with Gasteiger partial charge in [-0.3, -0.25) is 18.6 Å². The smallest absolute Gasteiger partial charge is 0.462 e. The Balaban J connectivity index is 4.51. The van der Waals surface area contributed by atoms with Crippen molar-refractivity contribution in [2.75, 3.05) is 26.4 Å². The van der Waals surface area contributed by atoms with Gasteiger partial charge in [-0.2, -0.15) is 0 Å². The molecule has 0 rings (SSSR count). The summed E-state index contributed by atoms with van der Waals surface area (Å²) in [5.41, 5.74) is 0. The summed E-state index contributed by atoms with van der Waals surface area (Å²) in [4.78, 5) is 35.0. The molecule has 0 heterocycles. The largest absolute Gasteiger partial charge is 0.472 e. The first-order valence-corrected chi connectivity index (χ1v) is 24.2. The molecular weight excluding hydrogens is 775 g/mol. The molecule has 12 nitrogen and oxygen atoms in total. The summed E-state index contributed by atoms with van der Waals surface area (Å²) in [6, 6.07) is 0. The SMILES string of the molecule is CCCCC/C=C\C[C@H](O)/C=C/C=C/C=C\[C@H](O)CCCC(=O)O[C@H](COC(=O)CCCCCCCCCCCCCCCCC(C)C)COP(=O)(O)OC[C@@H](O)CO. The second-order valence-electron chi connectivity index (χ2n) is 16.0. The van der Waals surface area contributed by atoms with Crippen molar-refractivity contribution < 1.29 is 58.0 Å². The molecule has 0 saturated heterocycles. The van der Waals surface area contributed by atoms with Gasteiger partial charge in [-0.25, -0.2) is 4.57 Å². The van der Waals surface area contributed by atoms with Crippen molar-refractivity contribution in [2.24, 2.45) is 5.92 Å². The van der Waals surface area contributed by atoms with Gasteiger partial charge in [0.05, 0.1) is 32.0 Å². The standard InChI is InChI=1S/C46H83O12P/c1-4-5-6-7-19-24-30-41(48)31-25-21-22-26-32-42(49)33-28-35-46(52)58-44(39-57-59(53,54)56-37-43(50)36-47)38-55-45(51)34-27-20-17-15-13-11-9-8-10-12-14-16-18-23-29-40(2)3/h19,21-22,24-26,31-32,40-44,47-50H,4-18,20,23,27-30,33-39H2,1-3H3,(H,53,54)/b22-21+,24-19-,31-25+,32-26-/t41-,42-,43-,44+/m0/s1. The maximum Gasteiger partial charge on any atom is 0.472 e. The fourth-order valence-electron chi connectivity index (χ4n) is 6.02. The van der Waals surface area contributed by atoms with Crippen molar-refractivity contribution in [1.29, 1.82) is 0 Å². The van der Waals surface area contributed by atoms with Crippen LogP contribution in [-0.2, 0) is 32.7 Å². The number of hydrogen-bond donors (Lipinski definition) is 5. The summed E-state index contributed by atoms with van der Waals surface area (Å²) >= 11 is 0. The molecule has 0 radical (unpaired) electrons. The van der Waals surface area contributed by atoms with Gasteiger partial charge in [-0.05, 0) is 44.4 Å². The molecule has 0 saturated carbocycles. The Morgan fingerprint density at radius 3 is 1.73 bits per heavy atom. The maximum absolute atomic E-state index is 12.6. The summed E-state index contributed by atoms with van der Waals surface area (Å²) in [6.45, 7) is 4.37. The number of hydrogen-bond acceptors (Lipinski definition) is 11. The Morgan fingerprint density at radius 1 is 0.610 bits per heavy atom. The van der Waals surface area contributed by atoms with Crippen molar-refractivity contribution >= 4 is 19.8 Å². The molecule has 344 valence electrons. The summed E-state index contributed by atoms with van der Waals surface area (Å²) < 4.78 is 32.6. The van der Waals surface area contributed by atoms with Crippen LogP contribution in [0, 0.1) is 5.92 Å². The third-order valence-corrected chi connectivity index (χ3v) is 10.6. The van der Waals surface area contributed by atoms with E-state index in [2.05, 4.69) is 31.4 Å². The number of carbonyl (C=O) groups is 2. The first-order valence-electron chi connectivity index (χ1n) is 22.7. The van der Waals surface area contributed by atoms with Gasteiger partial charge in [0.15, 0.2) is 6.10 Å².